The summed E-state index contributed by atoms with van der Waals surface area (Å²) >= 11 is 0. The standard InChI is InChI=1S/C16H32N6O/c1-2-17-11-15-3-5-21(12-15)19-7-9-20(10-8-19)22-6-4-16(13-22)18-14-23/h14-17H,2-13H2,1H3,(H,18,23). The van der Waals surface area contributed by atoms with E-state index in [-0.39, 0.29) is 0 Å². The zero-order chi connectivity index (χ0) is 16.1. The fraction of sp³-hybridized carbons (Fsp3) is 0.938. The lowest BCUT2D eigenvalue weighted by atomic mass is 10.1. The highest BCUT2D eigenvalue weighted by atomic mass is 16.1. The molecule has 23 heavy (non-hydrogen) atoms. The third-order valence-electron chi connectivity index (χ3n) is 5.45. The number of nitrogens with one attached hydrogen (secondary N) is 2. The van der Waals surface area contributed by atoms with Crippen LogP contribution in [0.15, 0.2) is 0 Å². The van der Waals surface area contributed by atoms with Gasteiger partial charge in [0.2, 0.25) is 6.41 Å². The van der Waals surface area contributed by atoms with Crippen LogP contribution in [0.1, 0.15) is 19.8 Å². The Morgan fingerprint density at radius 3 is 2.22 bits per heavy atom. The van der Waals surface area contributed by atoms with Crippen molar-refractivity contribution in [2.45, 2.75) is 25.8 Å². The van der Waals surface area contributed by atoms with E-state index in [1.54, 1.807) is 0 Å². The van der Waals surface area contributed by atoms with Gasteiger partial charge in [-0.2, -0.15) is 0 Å². The van der Waals surface area contributed by atoms with Gasteiger partial charge in [0.05, 0.1) is 0 Å². The summed E-state index contributed by atoms with van der Waals surface area (Å²) in [4.78, 5) is 10.6. The number of nitrogens with zero attached hydrogens (tertiary/aromatic N) is 4. The fourth-order valence-electron chi connectivity index (χ4n) is 4.07. The highest BCUT2D eigenvalue weighted by Gasteiger charge is 2.32. The lowest BCUT2D eigenvalue weighted by Gasteiger charge is -2.42. The molecule has 3 aliphatic heterocycles. The van der Waals surface area contributed by atoms with Gasteiger partial charge in [0.15, 0.2) is 0 Å². The molecule has 7 nitrogen and oxygen atoms in total. The molecule has 0 saturated carbocycles. The van der Waals surface area contributed by atoms with Crippen LogP contribution in [0.5, 0.6) is 0 Å². The smallest absolute Gasteiger partial charge is 0.207 e. The van der Waals surface area contributed by atoms with Gasteiger partial charge >= 0.3 is 0 Å². The minimum Gasteiger partial charge on any atom is -0.355 e. The summed E-state index contributed by atoms with van der Waals surface area (Å²) in [6.45, 7) is 13.3. The Bertz CT molecular complexity index is 374. The predicted molar refractivity (Wildman–Crippen MR) is 90.5 cm³/mol. The van der Waals surface area contributed by atoms with Crippen LogP contribution in [-0.2, 0) is 4.79 Å². The molecule has 3 aliphatic rings. The van der Waals surface area contributed by atoms with Gasteiger partial charge in [-0.05, 0) is 31.8 Å². The summed E-state index contributed by atoms with van der Waals surface area (Å²) in [5.74, 6) is 0.807. The van der Waals surface area contributed by atoms with Crippen molar-refractivity contribution in [1.29, 1.82) is 0 Å². The van der Waals surface area contributed by atoms with Gasteiger partial charge in [0, 0.05) is 58.4 Å². The molecule has 2 atom stereocenters. The summed E-state index contributed by atoms with van der Waals surface area (Å²) in [5.41, 5.74) is 0. The number of carbonyl (C=O) groups excluding carboxylic acids is 1. The van der Waals surface area contributed by atoms with E-state index in [1.807, 2.05) is 0 Å². The quantitative estimate of drug-likeness (QED) is 0.597. The van der Waals surface area contributed by atoms with Crippen LogP contribution < -0.4 is 10.6 Å². The molecule has 0 aromatic heterocycles. The second-order valence-corrected chi connectivity index (χ2v) is 6.97. The molecule has 0 radical (unpaired) electrons. The Labute approximate surface area is 139 Å². The lowest BCUT2D eigenvalue weighted by Crippen LogP contribution is -2.57. The van der Waals surface area contributed by atoms with Crippen molar-refractivity contribution in [2.75, 3.05) is 65.4 Å². The van der Waals surface area contributed by atoms with Gasteiger partial charge in [-0.1, -0.05) is 6.92 Å². The summed E-state index contributed by atoms with van der Waals surface area (Å²) in [6, 6.07) is 0.330. The van der Waals surface area contributed by atoms with Crippen molar-refractivity contribution < 1.29 is 4.79 Å². The summed E-state index contributed by atoms with van der Waals surface area (Å²) in [5, 5.41) is 16.4. The topological polar surface area (TPSA) is 54.1 Å². The molecule has 0 aromatic carbocycles. The molecule has 3 fully saturated rings. The number of piperazine rings is 1. The first kappa shape index (κ1) is 17.1. The van der Waals surface area contributed by atoms with E-state index in [1.165, 1.54) is 19.5 Å². The van der Waals surface area contributed by atoms with Gasteiger partial charge < -0.3 is 10.6 Å². The Morgan fingerprint density at radius 2 is 1.57 bits per heavy atom. The largest absolute Gasteiger partial charge is 0.355 e. The minimum atomic E-state index is 0.330. The molecular weight excluding hydrogens is 292 g/mol. The number of amides is 1. The molecular formula is C16H32N6O. The van der Waals surface area contributed by atoms with Crippen LogP contribution in [0.3, 0.4) is 0 Å². The number of hydrazine groups is 2. The monoisotopic (exact) mass is 324 g/mol. The molecule has 0 bridgehead atoms. The van der Waals surface area contributed by atoms with E-state index >= 15 is 0 Å². The fourth-order valence-corrected chi connectivity index (χ4v) is 4.07. The van der Waals surface area contributed by atoms with Crippen LogP contribution in [0.2, 0.25) is 0 Å². The Kier molecular flexibility index (Phi) is 6.24. The van der Waals surface area contributed by atoms with E-state index in [9.17, 15) is 4.79 Å². The molecule has 2 unspecified atom stereocenters. The van der Waals surface area contributed by atoms with Gasteiger partial charge in [0.1, 0.15) is 0 Å². The van der Waals surface area contributed by atoms with Crippen LogP contribution >= 0.6 is 0 Å². The number of carbonyl (C=O) groups is 1. The Morgan fingerprint density at radius 1 is 0.913 bits per heavy atom. The first-order valence-electron chi connectivity index (χ1n) is 9.20. The molecule has 0 spiro atoms. The van der Waals surface area contributed by atoms with Crippen LogP contribution in [0.25, 0.3) is 0 Å². The van der Waals surface area contributed by atoms with Gasteiger partial charge in [-0.25, -0.2) is 20.0 Å². The average molecular weight is 324 g/mol. The van der Waals surface area contributed by atoms with E-state index in [0.29, 0.717) is 6.04 Å². The molecule has 1 amide bonds. The third-order valence-corrected chi connectivity index (χ3v) is 5.45. The maximum absolute atomic E-state index is 10.6. The van der Waals surface area contributed by atoms with Crippen molar-refractivity contribution in [1.82, 2.24) is 30.7 Å². The highest BCUT2D eigenvalue weighted by molar-refractivity contribution is 5.46. The zero-order valence-electron chi connectivity index (χ0n) is 14.4. The molecule has 0 aromatic rings. The van der Waals surface area contributed by atoms with E-state index in [0.717, 1.165) is 71.1 Å². The lowest BCUT2D eigenvalue weighted by molar-refractivity contribution is -0.111. The minimum absolute atomic E-state index is 0.330. The molecule has 2 N–H and O–H groups in total. The first-order valence-corrected chi connectivity index (χ1v) is 9.20. The molecule has 0 aliphatic carbocycles. The number of rotatable bonds is 7. The summed E-state index contributed by atoms with van der Waals surface area (Å²) in [6.07, 6.45) is 3.22. The van der Waals surface area contributed by atoms with Gasteiger partial charge in [-0.3, -0.25) is 4.79 Å². The molecule has 3 heterocycles. The van der Waals surface area contributed by atoms with Crippen LogP contribution in [0, 0.1) is 5.92 Å². The molecule has 3 saturated heterocycles. The second-order valence-electron chi connectivity index (χ2n) is 6.97. The normalized spacial score (nSPS) is 31.7. The van der Waals surface area contributed by atoms with Crippen molar-refractivity contribution in [3.8, 4) is 0 Å². The van der Waals surface area contributed by atoms with E-state index < -0.39 is 0 Å². The second kappa shape index (κ2) is 8.39. The number of hydrogen-bond acceptors (Lipinski definition) is 6. The SMILES string of the molecule is CCNCC1CCN(N2CCN(N3CCC(NC=O)C3)CC2)C1. The maximum Gasteiger partial charge on any atom is 0.207 e. The maximum atomic E-state index is 10.6. The van der Waals surface area contributed by atoms with E-state index in [2.05, 4.69) is 37.6 Å². The van der Waals surface area contributed by atoms with Gasteiger partial charge in [0.25, 0.3) is 0 Å². The zero-order valence-corrected chi connectivity index (χ0v) is 14.4. The summed E-state index contributed by atoms with van der Waals surface area (Å²) < 4.78 is 0. The van der Waals surface area contributed by atoms with Gasteiger partial charge in [-0.15, -0.1) is 0 Å². The van der Waals surface area contributed by atoms with Crippen LogP contribution in [0.4, 0.5) is 0 Å². The van der Waals surface area contributed by atoms with Crippen molar-refractivity contribution in [3.63, 3.8) is 0 Å². The molecule has 3 rings (SSSR count). The van der Waals surface area contributed by atoms with Crippen molar-refractivity contribution >= 4 is 6.41 Å². The molecule has 7 heteroatoms. The highest BCUT2D eigenvalue weighted by Crippen LogP contribution is 2.20. The first-order chi connectivity index (χ1) is 11.3. The van der Waals surface area contributed by atoms with E-state index in [4.69, 9.17) is 0 Å². The summed E-state index contributed by atoms with van der Waals surface area (Å²) in [7, 11) is 0. The Hall–Kier alpha value is -0.730. The van der Waals surface area contributed by atoms with Crippen molar-refractivity contribution in [3.05, 3.63) is 0 Å². The third kappa shape index (κ3) is 4.42. The van der Waals surface area contributed by atoms with Crippen LogP contribution in [-0.4, -0.2) is 97.9 Å². The number of hydrogen-bond donors (Lipinski definition) is 2. The van der Waals surface area contributed by atoms with Crippen molar-refractivity contribution in [2.24, 2.45) is 5.92 Å². The Balaban J connectivity index is 1.38. The average Bonchev–Trinajstić information content (AvgIpc) is 3.23. The molecule has 132 valence electrons. The predicted octanol–water partition coefficient (Wildman–Crippen LogP) is -0.814.